The molecular weight excluding hydrogens is 344 g/mol. The van der Waals surface area contributed by atoms with Crippen LogP contribution in [0.3, 0.4) is 0 Å². The zero-order valence-electron chi connectivity index (χ0n) is 15.1. The molecule has 0 N–H and O–H groups in total. The minimum atomic E-state index is -1.24. The smallest absolute Gasteiger partial charge is 0.418 e. The van der Waals surface area contributed by atoms with Gasteiger partial charge < -0.3 is 18.9 Å². The van der Waals surface area contributed by atoms with E-state index in [4.69, 9.17) is 14.0 Å². The largest absolute Gasteiger partial charge is 0.433 e. The molecule has 3 amide bonds. The fraction of sp³-hybridized carbons (Fsp3) is 0.688. The van der Waals surface area contributed by atoms with Crippen molar-refractivity contribution in [1.82, 2.24) is 19.9 Å². The number of nitrogens with zero attached hydrogens (tertiary/aromatic N) is 4. The van der Waals surface area contributed by atoms with E-state index < -0.39 is 17.6 Å². The van der Waals surface area contributed by atoms with Crippen LogP contribution < -0.4 is 0 Å². The van der Waals surface area contributed by atoms with E-state index in [1.807, 2.05) is 6.92 Å². The molecule has 26 heavy (non-hydrogen) atoms. The summed E-state index contributed by atoms with van der Waals surface area (Å²) >= 11 is 0. The van der Waals surface area contributed by atoms with Crippen LogP contribution in [0, 0.1) is 0 Å². The van der Waals surface area contributed by atoms with Crippen molar-refractivity contribution >= 4 is 17.9 Å². The number of hydrogen-bond donors (Lipinski definition) is 0. The van der Waals surface area contributed by atoms with Crippen LogP contribution in [0.25, 0.3) is 0 Å². The molecule has 0 bridgehead atoms. The standard InChI is InChI=1S/C16H22N4O6/c1-4-12-17-11(18-26-12)7-10-8-19(5-6-24-10)13(21)9-20-14(22)16(2,3)25-15(20)23/h10H,4-9H2,1-3H3/t10-/m1/s1. The molecule has 1 aromatic heterocycles. The second-order valence-corrected chi connectivity index (χ2v) is 6.76. The second kappa shape index (κ2) is 7.02. The van der Waals surface area contributed by atoms with E-state index in [0.29, 0.717) is 44.3 Å². The van der Waals surface area contributed by atoms with Gasteiger partial charge in [0.15, 0.2) is 11.4 Å². The zero-order chi connectivity index (χ0) is 18.9. The number of morpholine rings is 1. The van der Waals surface area contributed by atoms with E-state index in [1.165, 1.54) is 13.8 Å². The van der Waals surface area contributed by atoms with Crippen LogP contribution in [0.4, 0.5) is 4.79 Å². The topological polar surface area (TPSA) is 115 Å². The third-order valence-corrected chi connectivity index (χ3v) is 4.33. The number of ether oxygens (including phenoxy) is 2. The summed E-state index contributed by atoms with van der Waals surface area (Å²) < 4.78 is 15.7. The quantitative estimate of drug-likeness (QED) is 0.724. The van der Waals surface area contributed by atoms with Crippen molar-refractivity contribution < 1.29 is 28.4 Å². The van der Waals surface area contributed by atoms with Gasteiger partial charge in [-0.2, -0.15) is 4.98 Å². The van der Waals surface area contributed by atoms with Gasteiger partial charge in [0, 0.05) is 25.9 Å². The molecule has 0 aliphatic carbocycles. The van der Waals surface area contributed by atoms with E-state index >= 15 is 0 Å². The monoisotopic (exact) mass is 366 g/mol. The number of amides is 3. The summed E-state index contributed by atoms with van der Waals surface area (Å²) in [5.41, 5.74) is -1.24. The Morgan fingerprint density at radius 3 is 2.73 bits per heavy atom. The lowest BCUT2D eigenvalue weighted by Gasteiger charge is -2.33. The van der Waals surface area contributed by atoms with Crippen molar-refractivity contribution in [3.8, 4) is 0 Å². The number of rotatable bonds is 5. The molecule has 2 saturated heterocycles. The molecular formula is C16H22N4O6. The lowest BCUT2D eigenvalue weighted by molar-refractivity contribution is -0.144. The molecule has 3 heterocycles. The van der Waals surface area contributed by atoms with Gasteiger partial charge in [0.05, 0.1) is 12.7 Å². The molecule has 0 aromatic carbocycles. The summed E-state index contributed by atoms with van der Waals surface area (Å²) in [6.45, 7) is 5.66. The van der Waals surface area contributed by atoms with Gasteiger partial charge in [-0.3, -0.25) is 9.59 Å². The maximum atomic E-state index is 12.5. The molecule has 0 unspecified atom stereocenters. The maximum Gasteiger partial charge on any atom is 0.418 e. The van der Waals surface area contributed by atoms with Crippen LogP contribution in [0.15, 0.2) is 4.52 Å². The van der Waals surface area contributed by atoms with Crippen LogP contribution in [0.2, 0.25) is 0 Å². The van der Waals surface area contributed by atoms with Gasteiger partial charge in [-0.15, -0.1) is 0 Å². The highest BCUT2D eigenvalue weighted by Gasteiger charge is 2.48. The van der Waals surface area contributed by atoms with Crippen molar-refractivity contribution in [2.24, 2.45) is 0 Å². The predicted octanol–water partition coefficient (Wildman–Crippen LogP) is 0.159. The maximum absolute atomic E-state index is 12.5. The summed E-state index contributed by atoms with van der Waals surface area (Å²) in [7, 11) is 0. The van der Waals surface area contributed by atoms with Crippen LogP contribution in [0.1, 0.15) is 32.5 Å². The summed E-state index contributed by atoms with van der Waals surface area (Å²) in [4.78, 5) is 43.1. The Balaban J connectivity index is 1.58. The van der Waals surface area contributed by atoms with E-state index in [0.717, 1.165) is 4.90 Å². The molecule has 3 rings (SSSR count). The van der Waals surface area contributed by atoms with Crippen LogP contribution in [-0.4, -0.2) is 75.8 Å². The number of aromatic nitrogens is 2. The molecule has 1 atom stereocenters. The average Bonchev–Trinajstić information content (AvgIpc) is 3.12. The Morgan fingerprint density at radius 1 is 1.35 bits per heavy atom. The van der Waals surface area contributed by atoms with Crippen LogP contribution in [0.5, 0.6) is 0 Å². The Hall–Kier alpha value is -2.49. The Morgan fingerprint density at radius 2 is 2.12 bits per heavy atom. The fourth-order valence-corrected chi connectivity index (χ4v) is 2.89. The summed E-state index contributed by atoms with van der Waals surface area (Å²) in [6.07, 6.45) is 0.00879. The van der Waals surface area contributed by atoms with Gasteiger partial charge in [0.1, 0.15) is 6.54 Å². The molecule has 1 aromatic rings. The minimum Gasteiger partial charge on any atom is -0.433 e. The third kappa shape index (κ3) is 3.69. The van der Waals surface area contributed by atoms with E-state index in [-0.39, 0.29) is 18.6 Å². The summed E-state index contributed by atoms with van der Waals surface area (Å²) in [5, 5.41) is 3.89. The highest BCUT2D eigenvalue weighted by Crippen LogP contribution is 2.23. The molecule has 0 spiro atoms. The normalized spacial score (nSPS) is 22.7. The van der Waals surface area contributed by atoms with Gasteiger partial charge in [-0.25, -0.2) is 9.69 Å². The van der Waals surface area contributed by atoms with E-state index in [1.54, 1.807) is 4.90 Å². The first kappa shape index (κ1) is 18.3. The van der Waals surface area contributed by atoms with Gasteiger partial charge in [0.2, 0.25) is 11.8 Å². The number of aryl methyl sites for hydroxylation is 1. The van der Waals surface area contributed by atoms with Crippen molar-refractivity contribution in [2.75, 3.05) is 26.2 Å². The number of imide groups is 1. The summed E-state index contributed by atoms with van der Waals surface area (Å²) in [5.74, 6) is 0.238. The molecule has 142 valence electrons. The Bertz CT molecular complexity index is 715. The first-order valence-electron chi connectivity index (χ1n) is 8.56. The molecule has 2 aliphatic rings. The van der Waals surface area contributed by atoms with Gasteiger partial charge in [-0.05, 0) is 13.8 Å². The average molecular weight is 366 g/mol. The Labute approximate surface area is 150 Å². The van der Waals surface area contributed by atoms with Crippen LogP contribution in [-0.2, 0) is 31.9 Å². The minimum absolute atomic E-state index is 0.271. The fourth-order valence-electron chi connectivity index (χ4n) is 2.89. The van der Waals surface area contributed by atoms with Crippen LogP contribution >= 0.6 is 0 Å². The molecule has 10 heteroatoms. The summed E-state index contributed by atoms with van der Waals surface area (Å²) in [6, 6.07) is 0. The highest BCUT2D eigenvalue weighted by atomic mass is 16.6. The van der Waals surface area contributed by atoms with Gasteiger partial charge in [0.25, 0.3) is 5.91 Å². The van der Waals surface area contributed by atoms with Crippen molar-refractivity contribution in [3.63, 3.8) is 0 Å². The SMILES string of the molecule is CCc1nc(C[C@@H]2CN(C(=O)CN3C(=O)OC(C)(C)C3=O)CCO2)no1. The number of carbonyl (C=O) groups excluding carboxylic acids is 3. The van der Waals surface area contributed by atoms with Crippen molar-refractivity contribution in [1.29, 1.82) is 0 Å². The highest BCUT2D eigenvalue weighted by molar-refractivity contribution is 6.04. The molecule has 0 saturated carbocycles. The Kier molecular flexibility index (Phi) is 4.94. The number of cyclic esters (lactones) is 1. The second-order valence-electron chi connectivity index (χ2n) is 6.76. The number of carbonyl (C=O) groups is 3. The van der Waals surface area contributed by atoms with Crippen molar-refractivity contribution in [3.05, 3.63) is 11.7 Å². The number of hydrogen-bond acceptors (Lipinski definition) is 8. The molecule has 2 aliphatic heterocycles. The lowest BCUT2D eigenvalue weighted by Crippen LogP contribution is -2.50. The third-order valence-electron chi connectivity index (χ3n) is 4.33. The van der Waals surface area contributed by atoms with Gasteiger partial charge in [-0.1, -0.05) is 12.1 Å². The van der Waals surface area contributed by atoms with E-state index in [9.17, 15) is 14.4 Å². The molecule has 0 radical (unpaired) electrons. The van der Waals surface area contributed by atoms with Crippen molar-refractivity contribution in [2.45, 2.75) is 45.3 Å². The first-order valence-corrected chi connectivity index (χ1v) is 8.56. The lowest BCUT2D eigenvalue weighted by atomic mass is 10.1. The zero-order valence-corrected chi connectivity index (χ0v) is 15.1. The van der Waals surface area contributed by atoms with E-state index in [2.05, 4.69) is 10.1 Å². The molecule has 2 fully saturated rings. The predicted molar refractivity (Wildman–Crippen MR) is 86.0 cm³/mol. The first-order chi connectivity index (χ1) is 12.3. The van der Waals surface area contributed by atoms with Gasteiger partial charge >= 0.3 is 6.09 Å². The molecule has 10 nitrogen and oxygen atoms in total.